The standard InChI is InChI=1S/C52H47N/c1-51(2)45-23-12-10-21-42(45)43-30-29-40(33-47(43)51)53(39-19-14-18-36(31-39)34-15-6-5-7-16-34)38-27-25-35(26-28-38)49-41-20-9-8-17-37(41)32-48-50(49)44-22-11-13-24-46(44)52(48,3)4/h5-28,31-33,37,40-41,43H,29-30H2,1-4H3. The summed E-state index contributed by atoms with van der Waals surface area (Å²) in [6.07, 6.45) is 16.8. The van der Waals surface area contributed by atoms with Crippen LogP contribution in [-0.2, 0) is 10.8 Å². The molecule has 0 N–H and O–H groups in total. The van der Waals surface area contributed by atoms with Crippen LogP contribution in [0.2, 0.25) is 0 Å². The average Bonchev–Trinajstić information content (AvgIpc) is 3.57. The predicted molar refractivity (Wildman–Crippen MR) is 223 cm³/mol. The van der Waals surface area contributed by atoms with Gasteiger partial charge in [0.05, 0.1) is 6.04 Å². The molecule has 5 aromatic carbocycles. The van der Waals surface area contributed by atoms with Crippen molar-refractivity contribution in [2.75, 3.05) is 4.90 Å². The molecule has 0 saturated carbocycles. The molecule has 0 radical (unpaired) electrons. The van der Waals surface area contributed by atoms with Gasteiger partial charge in [-0.05, 0) is 92.8 Å². The third kappa shape index (κ3) is 4.97. The second kappa shape index (κ2) is 12.1. The van der Waals surface area contributed by atoms with Crippen LogP contribution in [0.25, 0.3) is 22.3 Å². The lowest BCUT2D eigenvalue weighted by atomic mass is 9.69. The Hall–Kier alpha value is -5.40. The van der Waals surface area contributed by atoms with Gasteiger partial charge in [-0.15, -0.1) is 0 Å². The quantitative estimate of drug-likeness (QED) is 0.166. The van der Waals surface area contributed by atoms with Gasteiger partial charge in [0.1, 0.15) is 0 Å². The van der Waals surface area contributed by atoms with Gasteiger partial charge in [0, 0.05) is 40.0 Å². The molecule has 0 bridgehead atoms. The molecule has 5 aliphatic carbocycles. The molecule has 0 aliphatic heterocycles. The van der Waals surface area contributed by atoms with E-state index in [1.807, 2.05) is 0 Å². The molecule has 0 amide bonds. The fraction of sp³-hybridized carbons (Fsp3) is 0.231. The van der Waals surface area contributed by atoms with E-state index in [4.69, 9.17) is 0 Å². The minimum absolute atomic E-state index is 0.0191. The summed E-state index contributed by atoms with van der Waals surface area (Å²) in [5.41, 5.74) is 18.1. The molecule has 5 aliphatic rings. The zero-order valence-corrected chi connectivity index (χ0v) is 31.3. The monoisotopic (exact) mass is 685 g/mol. The van der Waals surface area contributed by atoms with Gasteiger partial charge in [0.15, 0.2) is 0 Å². The highest BCUT2D eigenvalue weighted by Gasteiger charge is 2.45. The second-order valence-electron chi connectivity index (χ2n) is 16.8. The molecule has 1 heteroatoms. The molecule has 0 heterocycles. The van der Waals surface area contributed by atoms with Crippen molar-refractivity contribution in [2.45, 2.75) is 63.3 Å². The largest absolute Gasteiger partial charge is 0.335 e. The predicted octanol–water partition coefficient (Wildman–Crippen LogP) is 13.2. The number of anilines is 2. The summed E-state index contributed by atoms with van der Waals surface area (Å²) in [5, 5.41) is 0. The van der Waals surface area contributed by atoms with Crippen LogP contribution < -0.4 is 4.90 Å². The lowest BCUT2D eigenvalue weighted by Gasteiger charge is -2.39. The molecule has 53 heavy (non-hydrogen) atoms. The molecular formula is C52H47N. The van der Waals surface area contributed by atoms with Crippen molar-refractivity contribution in [1.82, 2.24) is 0 Å². The van der Waals surface area contributed by atoms with Gasteiger partial charge in [-0.2, -0.15) is 0 Å². The number of nitrogens with zero attached hydrogens (tertiary/aromatic N) is 1. The average molecular weight is 686 g/mol. The Kier molecular flexibility index (Phi) is 7.35. The topological polar surface area (TPSA) is 3.24 Å². The lowest BCUT2D eigenvalue weighted by molar-refractivity contribution is 0.521. The summed E-state index contributed by atoms with van der Waals surface area (Å²) < 4.78 is 0. The molecule has 5 aromatic rings. The first-order valence-electron chi connectivity index (χ1n) is 19.6. The van der Waals surface area contributed by atoms with E-state index in [9.17, 15) is 0 Å². The molecule has 10 rings (SSSR count). The summed E-state index contributed by atoms with van der Waals surface area (Å²) in [6.45, 7) is 9.68. The summed E-state index contributed by atoms with van der Waals surface area (Å²) in [7, 11) is 0. The molecule has 0 fully saturated rings. The van der Waals surface area contributed by atoms with Gasteiger partial charge in [-0.1, -0.05) is 173 Å². The zero-order valence-electron chi connectivity index (χ0n) is 31.3. The first-order valence-corrected chi connectivity index (χ1v) is 19.6. The summed E-state index contributed by atoms with van der Waals surface area (Å²) in [6, 6.07) is 48.1. The minimum atomic E-state index is -0.0301. The lowest BCUT2D eigenvalue weighted by Crippen LogP contribution is -2.34. The van der Waals surface area contributed by atoms with Crippen LogP contribution in [-0.4, -0.2) is 6.04 Å². The Morgan fingerprint density at radius 1 is 0.566 bits per heavy atom. The maximum atomic E-state index is 2.64. The van der Waals surface area contributed by atoms with E-state index in [0.717, 1.165) is 12.8 Å². The van der Waals surface area contributed by atoms with Crippen LogP contribution >= 0.6 is 0 Å². The summed E-state index contributed by atoms with van der Waals surface area (Å²) >= 11 is 0. The van der Waals surface area contributed by atoms with Gasteiger partial charge < -0.3 is 4.90 Å². The van der Waals surface area contributed by atoms with E-state index < -0.39 is 0 Å². The zero-order chi connectivity index (χ0) is 35.9. The fourth-order valence-electron chi connectivity index (χ4n) is 10.6. The highest BCUT2D eigenvalue weighted by molar-refractivity contribution is 6.06. The van der Waals surface area contributed by atoms with Crippen LogP contribution in [0.5, 0.6) is 0 Å². The van der Waals surface area contributed by atoms with Crippen LogP contribution in [0, 0.1) is 11.8 Å². The first kappa shape index (κ1) is 32.3. The van der Waals surface area contributed by atoms with E-state index in [-0.39, 0.29) is 16.9 Å². The van der Waals surface area contributed by atoms with Crippen LogP contribution in [0.1, 0.15) is 74.3 Å². The fourth-order valence-corrected chi connectivity index (χ4v) is 10.6. The number of hydrogen-bond acceptors (Lipinski definition) is 1. The number of fused-ring (bicyclic) bond motifs is 7. The number of rotatable bonds is 5. The van der Waals surface area contributed by atoms with Gasteiger partial charge in [0.25, 0.3) is 0 Å². The molecule has 260 valence electrons. The van der Waals surface area contributed by atoms with Crippen molar-refractivity contribution in [3.63, 3.8) is 0 Å². The van der Waals surface area contributed by atoms with Gasteiger partial charge in [0.2, 0.25) is 0 Å². The molecule has 0 spiro atoms. The van der Waals surface area contributed by atoms with E-state index in [0.29, 0.717) is 17.8 Å². The van der Waals surface area contributed by atoms with Gasteiger partial charge >= 0.3 is 0 Å². The molecule has 0 aromatic heterocycles. The Balaban J connectivity index is 1.11. The summed E-state index contributed by atoms with van der Waals surface area (Å²) in [5.74, 6) is 1.18. The Morgan fingerprint density at radius 3 is 2.11 bits per heavy atom. The third-order valence-corrected chi connectivity index (χ3v) is 13.2. The van der Waals surface area contributed by atoms with E-state index in [1.54, 1.807) is 5.57 Å². The first-order chi connectivity index (χ1) is 25.8. The molecular weight excluding hydrogens is 639 g/mol. The number of allylic oxidation sites excluding steroid dienone is 9. The normalized spacial score (nSPS) is 24.0. The Morgan fingerprint density at radius 2 is 1.28 bits per heavy atom. The Labute approximate surface area is 315 Å². The molecule has 4 atom stereocenters. The van der Waals surface area contributed by atoms with Crippen LogP contribution in [0.3, 0.4) is 0 Å². The van der Waals surface area contributed by atoms with Gasteiger partial charge in [-0.3, -0.25) is 0 Å². The van der Waals surface area contributed by atoms with Crippen LogP contribution in [0.15, 0.2) is 175 Å². The smallest absolute Gasteiger partial charge is 0.0525 e. The maximum absolute atomic E-state index is 2.64. The highest BCUT2D eigenvalue weighted by Crippen LogP contribution is 2.58. The SMILES string of the molecule is CC1(C)C2=CC3C=CC=CC3C(c3ccc(N(c4cccc(-c5ccccc5)c4)C4C=C5C(CC4)c4ccccc4C5(C)C)cc3)=C2c2ccccc21. The van der Waals surface area contributed by atoms with Crippen molar-refractivity contribution in [1.29, 1.82) is 0 Å². The summed E-state index contributed by atoms with van der Waals surface area (Å²) in [4.78, 5) is 2.63. The Bertz CT molecular complexity index is 2410. The van der Waals surface area contributed by atoms with Crippen molar-refractivity contribution in [3.8, 4) is 11.1 Å². The second-order valence-corrected chi connectivity index (χ2v) is 16.8. The van der Waals surface area contributed by atoms with Crippen molar-refractivity contribution >= 4 is 22.5 Å². The minimum Gasteiger partial charge on any atom is -0.335 e. The number of benzene rings is 5. The molecule has 1 nitrogen and oxygen atoms in total. The highest BCUT2D eigenvalue weighted by atomic mass is 15.2. The van der Waals surface area contributed by atoms with Crippen molar-refractivity contribution in [2.24, 2.45) is 11.8 Å². The van der Waals surface area contributed by atoms with E-state index in [2.05, 4.69) is 196 Å². The molecule has 0 saturated heterocycles. The molecule has 4 unspecified atom stereocenters. The van der Waals surface area contributed by atoms with Crippen molar-refractivity contribution < 1.29 is 0 Å². The number of hydrogen-bond donors (Lipinski definition) is 0. The maximum Gasteiger partial charge on any atom is 0.0525 e. The van der Waals surface area contributed by atoms with E-state index >= 15 is 0 Å². The van der Waals surface area contributed by atoms with Gasteiger partial charge in [-0.25, -0.2) is 0 Å². The van der Waals surface area contributed by atoms with E-state index in [1.165, 1.54) is 67.0 Å². The van der Waals surface area contributed by atoms with Crippen molar-refractivity contribution in [3.05, 3.63) is 203 Å². The third-order valence-electron chi connectivity index (χ3n) is 13.2. The van der Waals surface area contributed by atoms with Crippen LogP contribution in [0.4, 0.5) is 11.4 Å².